The third kappa shape index (κ3) is 5.28. The number of likely N-dealkylation sites (tertiary alicyclic amines) is 1. The Morgan fingerprint density at radius 1 is 1.24 bits per heavy atom. The Hall–Kier alpha value is -3.48. The number of anilines is 2. The Bertz CT molecular complexity index is 954. The minimum atomic E-state index is 0.0443. The van der Waals surface area contributed by atoms with Crippen LogP contribution >= 0.6 is 0 Å². The van der Waals surface area contributed by atoms with Gasteiger partial charge in [0.05, 0.1) is 18.2 Å². The molecule has 0 aliphatic carbocycles. The second-order valence-electron chi connectivity index (χ2n) is 7.19. The van der Waals surface area contributed by atoms with E-state index in [0.717, 1.165) is 55.4 Å². The molecule has 3 aromatic rings. The lowest BCUT2D eigenvalue weighted by Crippen LogP contribution is -2.39. The predicted molar refractivity (Wildman–Crippen MR) is 112 cm³/mol. The standard InChI is InChI=1S/C22H24N6O/c29-22(10-9-19-14-23-16-25-19)28-12-4-5-17(15-28)13-18-6-3-8-21(26-18)27-20-7-1-2-11-24-20/h1-3,6-11,14,16-17H,4-5,12-13,15H2,(H,23,25)(H,24,26,27)/b10-9+/t17-/m0/s1. The lowest BCUT2D eigenvalue weighted by atomic mass is 9.93. The van der Waals surface area contributed by atoms with E-state index in [0.29, 0.717) is 5.92 Å². The number of nitrogens with zero attached hydrogens (tertiary/aromatic N) is 4. The summed E-state index contributed by atoms with van der Waals surface area (Å²) in [5.74, 6) is 2.01. The highest BCUT2D eigenvalue weighted by Gasteiger charge is 2.23. The van der Waals surface area contributed by atoms with Crippen LogP contribution in [0, 0.1) is 5.92 Å². The molecule has 1 atom stereocenters. The molecule has 4 rings (SSSR count). The van der Waals surface area contributed by atoms with E-state index in [1.54, 1.807) is 30.9 Å². The number of hydrogen-bond acceptors (Lipinski definition) is 5. The molecule has 0 saturated carbocycles. The van der Waals surface area contributed by atoms with Gasteiger partial charge in [0.25, 0.3) is 0 Å². The van der Waals surface area contributed by atoms with Crippen LogP contribution in [0.1, 0.15) is 24.2 Å². The smallest absolute Gasteiger partial charge is 0.246 e. The molecule has 2 N–H and O–H groups in total. The molecule has 1 amide bonds. The van der Waals surface area contributed by atoms with Crippen molar-refractivity contribution in [3.63, 3.8) is 0 Å². The van der Waals surface area contributed by atoms with Crippen LogP contribution in [0.3, 0.4) is 0 Å². The molecule has 7 heteroatoms. The van der Waals surface area contributed by atoms with Crippen LogP contribution in [0.15, 0.2) is 61.2 Å². The number of carbonyl (C=O) groups excluding carboxylic acids is 1. The highest BCUT2D eigenvalue weighted by molar-refractivity contribution is 5.91. The van der Waals surface area contributed by atoms with E-state index in [2.05, 4.69) is 20.3 Å². The Morgan fingerprint density at radius 2 is 2.17 bits per heavy atom. The summed E-state index contributed by atoms with van der Waals surface area (Å²) in [6, 6.07) is 11.7. The molecular weight excluding hydrogens is 364 g/mol. The van der Waals surface area contributed by atoms with Gasteiger partial charge in [-0.25, -0.2) is 15.0 Å². The number of aromatic nitrogens is 4. The first-order chi connectivity index (χ1) is 14.3. The first kappa shape index (κ1) is 18.9. The summed E-state index contributed by atoms with van der Waals surface area (Å²) in [7, 11) is 0. The Balaban J connectivity index is 1.35. The summed E-state index contributed by atoms with van der Waals surface area (Å²) in [4.78, 5) is 30.4. The average Bonchev–Trinajstić information content (AvgIpc) is 3.27. The number of nitrogens with one attached hydrogen (secondary N) is 2. The van der Waals surface area contributed by atoms with Gasteiger partial charge in [-0.1, -0.05) is 12.1 Å². The van der Waals surface area contributed by atoms with Gasteiger partial charge < -0.3 is 15.2 Å². The number of aromatic amines is 1. The third-order valence-electron chi connectivity index (χ3n) is 4.98. The number of imidazole rings is 1. The summed E-state index contributed by atoms with van der Waals surface area (Å²) in [5, 5.41) is 3.23. The van der Waals surface area contributed by atoms with E-state index in [1.807, 2.05) is 41.3 Å². The number of hydrogen-bond donors (Lipinski definition) is 2. The van der Waals surface area contributed by atoms with Crippen LogP contribution in [0.4, 0.5) is 11.6 Å². The minimum Gasteiger partial charge on any atom is -0.345 e. The van der Waals surface area contributed by atoms with Crippen molar-refractivity contribution in [1.82, 2.24) is 24.8 Å². The fourth-order valence-corrected chi connectivity index (χ4v) is 3.58. The third-order valence-corrected chi connectivity index (χ3v) is 4.98. The minimum absolute atomic E-state index is 0.0443. The normalized spacial score (nSPS) is 16.8. The summed E-state index contributed by atoms with van der Waals surface area (Å²) in [6.07, 6.45) is 11.4. The van der Waals surface area contributed by atoms with Crippen molar-refractivity contribution in [3.05, 3.63) is 72.6 Å². The van der Waals surface area contributed by atoms with Crippen molar-refractivity contribution in [2.75, 3.05) is 18.4 Å². The summed E-state index contributed by atoms with van der Waals surface area (Å²) in [6.45, 7) is 1.56. The van der Waals surface area contributed by atoms with Gasteiger partial charge in [0.1, 0.15) is 11.6 Å². The van der Waals surface area contributed by atoms with Crippen molar-refractivity contribution in [2.45, 2.75) is 19.3 Å². The zero-order valence-electron chi connectivity index (χ0n) is 16.2. The van der Waals surface area contributed by atoms with Crippen LogP contribution in [0.2, 0.25) is 0 Å². The number of H-pyrrole nitrogens is 1. The number of amides is 1. The van der Waals surface area contributed by atoms with E-state index in [4.69, 9.17) is 4.98 Å². The molecule has 1 aliphatic rings. The molecule has 1 aliphatic heterocycles. The molecule has 29 heavy (non-hydrogen) atoms. The quantitative estimate of drug-likeness (QED) is 0.632. The zero-order chi connectivity index (χ0) is 19.9. The van der Waals surface area contributed by atoms with Gasteiger partial charge in [-0.3, -0.25) is 4.79 Å². The van der Waals surface area contributed by atoms with E-state index in [-0.39, 0.29) is 5.91 Å². The second-order valence-corrected chi connectivity index (χ2v) is 7.19. The maximum Gasteiger partial charge on any atom is 0.246 e. The van der Waals surface area contributed by atoms with Gasteiger partial charge in [-0.2, -0.15) is 0 Å². The highest BCUT2D eigenvalue weighted by Crippen LogP contribution is 2.22. The molecule has 4 heterocycles. The lowest BCUT2D eigenvalue weighted by Gasteiger charge is -2.32. The molecule has 1 fully saturated rings. The Labute approximate surface area is 169 Å². The van der Waals surface area contributed by atoms with Gasteiger partial charge in [0.2, 0.25) is 5.91 Å². The predicted octanol–water partition coefficient (Wildman–Crippen LogP) is 3.44. The van der Waals surface area contributed by atoms with Crippen LogP contribution in [0.5, 0.6) is 0 Å². The largest absolute Gasteiger partial charge is 0.345 e. The number of piperidine rings is 1. The molecule has 0 radical (unpaired) electrons. The van der Waals surface area contributed by atoms with Crippen LogP contribution in [-0.2, 0) is 11.2 Å². The van der Waals surface area contributed by atoms with Gasteiger partial charge in [-0.05, 0) is 55.5 Å². The molecule has 7 nitrogen and oxygen atoms in total. The maximum atomic E-state index is 12.5. The monoisotopic (exact) mass is 388 g/mol. The van der Waals surface area contributed by atoms with Crippen LogP contribution in [0.25, 0.3) is 6.08 Å². The van der Waals surface area contributed by atoms with E-state index in [1.165, 1.54) is 0 Å². The molecular formula is C22H24N6O. The van der Waals surface area contributed by atoms with Crippen molar-refractivity contribution < 1.29 is 4.79 Å². The number of pyridine rings is 2. The van der Waals surface area contributed by atoms with E-state index < -0.39 is 0 Å². The van der Waals surface area contributed by atoms with Crippen LogP contribution < -0.4 is 5.32 Å². The lowest BCUT2D eigenvalue weighted by molar-refractivity contribution is -0.127. The van der Waals surface area contributed by atoms with E-state index in [9.17, 15) is 4.79 Å². The molecule has 1 saturated heterocycles. The Morgan fingerprint density at radius 3 is 3.00 bits per heavy atom. The topological polar surface area (TPSA) is 86.8 Å². The maximum absolute atomic E-state index is 12.5. The van der Waals surface area contributed by atoms with Crippen molar-refractivity contribution in [3.8, 4) is 0 Å². The van der Waals surface area contributed by atoms with Crippen molar-refractivity contribution in [1.29, 1.82) is 0 Å². The molecule has 148 valence electrons. The first-order valence-corrected chi connectivity index (χ1v) is 9.85. The van der Waals surface area contributed by atoms with Gasteiger partial charge >= 0.3 is 0 Å². The molecule has 0 unspecified atom stereocenters. The second kappa shape index (κ2) is 9.14. The van der Waals surface area contributed by atoms with Crippen molar-refractivity contribution in [2.24, 2.45) is 5.92 Å². The highest BCUT2D eigenvalue weighted by atomic mass is 16.2. The summed E-state index contributed by atoms with van der Waals surface area (Å²) >= 11 is 0. The van der Waals surface area contributed by atoms with Gasteiger partial charge in [-0.15, -0.1) is 0 Å². The fourth-order valence-electron chi connectivity index (χ4n) is 3.58. The Kier molecular flexibility index (Phi) is 5.95. The summed E-state index contributed by atoms with van der Waals surface area (Å²) in [5.41, 5.74) is 1.85. The SMILES string of the molecule is O=C(/C=C/c1cnc[nH]1)N1CCC[C@@H](Cc2cccc(Nc3ccccn3)n2)C1. The zero-order valence-corrected chi connectivity index (χ0v) is 16.2. The van der Waals surface area contributed by atoms with Gasteiger partial charge in [0.15, 0.2) is 0 Å². The first-order valence-electron chi connectivity index (χ1n) is 9.85. The summed E-state index contributed by atoms with van der Waals surface area (Å²) < 4.78 is 0. The number of carbonyl (C=O) groups is 1. The molecule has 3 aromatic heterocycles. The van der Waals surface area contributed by atoms with Gasteiger partial charge in [0, 0.05) is 31.1 Å². The van der Waals surface area contributed by atoms with E-state index >= 15 is 0 Å². The number of rotatable bonds is 6. The molecule has 0 spiro atoms. The average molecular weight is 388 g/mol. The van der Waals surface area contributed by atoms with Crippen LogP contribution in [-0.4, -0.2) is 43.8 Å². The fraction of sp³-hybridized carbons (Fsp3) is 0.273. The van der Waals surface area contributed by atoms with Crippen molar-refractivity contribution >= 4 is 23.6 Å². The molecule has 0 aromatic carbocycles. The molecule has 0 bridgehead atoms.